The van der Waals surface area contributed by atoms with E-state index in [2.05, 4.69) is 12.2 Å². The zero-order chi connectivity index (χ0) is 23.4. The third kappa shape index (κ3) is 10.1. The average molecular weight is 446 g/mol. The molecule has 1 amide bonds. The molecule has 5 atom stereocenters. The number of hydrogen-bond donors (Lipinski definition) is 1. The molecule has 0 aromatic heterocycles. The summed E-state index contributed by atoms with van der Waals surface area (Å²) < 4.78 is 27.6. The van der Waals surface area contributed by atoms with Gasteiger partial charge in [-0.2, -0.15) is 0 Å². The van der Waals surface area contributed by atoms with Crippen molar-refractivity contribution in [1.82, 2.24) is 5.32 Å². The standard InChI is InChI=1S/C21H35NO9/c1-6-7-8-9-10-11-27-21-18(22-13(2)23)20(30-16(5)26)19(29-15(4)25)17(31-21)12-28-14(3)24/h17-21H,6-12H2,1-5H3,(H,22,23)/t17-,18+,19+,20-,21-/m0/s1. The second kappa shape index (κ2) is 14.0. The van der Waals surface area contributed by atoms with Crippen LogP contribution in [0.1, 0.15) is 66.7 Å². The van der Waals surface area contributed by atoms with E-state index in [4.69, 9.17) is 23.7 Å². The molecule has 0 aliphatic carbocycles. The number of unbranched alkanes of at least 4 members (excludes halogenated alkanes) is 4. The first-order valence-corrected chi connectivity index (χ1v) is 10.7. The SMILES string of the molecule is CCCCCCCO[C@H]1O[C@@H](COC(C)=O)[C@@H](OC(C)=O)[C@@H](OC(C)=O)[C@H]1NC(C)=O. The van der Waals surface area contributed by atoms with Gasteiger partial charge in [-0.3, -0.25) is 19.2 Å². The molecule has 31 heavy (non-hydrogen) atoms. The lowest BCUT2D eigenvalue weighted by atomic mass is 9.96. The highest BCUT2D eigenvalue weighted by Gasteiger charge is 2.51. The van der Waals surface area contributed by atoms with E-state index in [9.17, 15) is 19.2 Å². The van der Waals surface area contributed by atoms with E-state index < -0.39 is 54.5 Å². The molecule has 1 N–H and O–H groups in total. The molecule has 1 fully saturated rings. The fraction of sp³-hybridized carbons (Fsp3) is 0.810. The molecule has 0 radical (unpaired) electrons. The highest BCUT2D eigenvalue weighted by molar-refractivity contribution is 5.73. The zero-order valence-electron chi connectivity index (χ0n) is 19.0. The van der Waals surface area contributed by atoms with Crippen molar-refractivity contribution in [1.29, 1.82) is 0 Å². The molecular weight excluding hydrogens is 410 g/mol. The molecule has 0 aromatic carbocycles. The van der Waals surface area contributed by atoms with Crippen molar-refractivity contribution in [3.8, 4) is 0 Å². The number of carbonyl (C=O) groups excluding carboxylic acids is 4. The second-order valence-corrected chi connectivity index (χ2v) is 7.50. The Morgan fingerprint density at radius 2 is 1.45 bits per heavy atom. The molecule has 10 nitrogen and oxygen atoms in total. The average Bonchev–Trinajstić information content (AvgIpc) is 2.66. The number of esters is 3. The van der Waals surface area contributed by atoms with Gasteiger partial charge in [0.2, 0.25) is 5.91 Å². The molecule has 0 spiro atoms. The van der Waals surface area contributed by atoms with Crippen molar-refractivity contribution in [3.63, 3.8) is 0 Å². The second-order valence-electron chi connectivity index (χ2n) is 7.50. The third-order valence-electron chi connectivity index (χ3n) is 4.60. The summed E-state index contributed by atoms with van der Waals surface area (Å²) in [5.74, 6) is -2.23. The van der Waals surface area contributed by atoms with Gasteiger partial charge in [-0.1, -0.05) is 32.6 Å². The van der Waals surface area contributed by atoms with Crippen LogP contribution in [-0.2, 0) is 42.9 Å². The summed E-state index contributed by atoms with van der Waals surface area (Å²) in [4.78, 5) is 46.6. The van der Waals surface area contributed by atoms with E-state index in [1.165, 1.54) is 27.7 Å². The van der Waals surface area contributed by atoms with Crippen molar-refractivity contribution >= 4 is 23.8 Å². The summed E-state index contributed by atoms with van der Waals surface area (Å²) in [6, 6.07) is -0.921. The molecule has 1 heterocycles. The quantitative estimate of drug-likeness (QED) is 0.271. The van der Waals surface area contributed by atoms with Gasteiger partial charge in [-0.05, 0) is 6.42 Å². The van der Waals surface area contributed by atoms with Crippen molar-refractivity contribution < 1.29 is 42.9 Å². The van der Waals surface area contributed by atoms with Crippen molar-refractivity contribution in [3.05, 3.63) is 0 Å². The maximum atomic E-state index is 11.8. The Hall–Kier alpha value is -2.20. The number of carbonyl (C=O) groups is 4. The molecule has 0 bridgehead atoms. The van der Waals surface area contributed by atoms with Crippen LogP contribution in [0.3, 0.4) is 0 Å². The molecule has 0 unspecified atom stereocenters. The number of amides is 1. The van der Waals surface area contributed by atoms with Crippen LogP contribution in [0, 0.1) is 0 Å². The van der Waals surface area contributed by atoms with Crippen LogP contribution in [0.2, 0.25) is 0 Å². The van der Waals surface area contributed by atoms with Crippen molar-refractivity contribution in [2.45, 2.75) is 97.4 Å². The Bertz CT molecular complexity index is 610. The van der Waals surface area contributed by atoms with Crippen molar-refractivity contribution in [2.24, 2.45) is 0 Å². The fourth-order valence-electron chi connectivity index (χ4n) is 3.34. The minimum atomic E-state index is -1.11. The van der Waals surface area contributed by atoms with Crippen LogP contribution in [0.25, 0.3) is 0 Å². The Morgan fingerprint density at radius 3 is 2.00 bits per heavy atom. The maximum absolute atomic E-state index is 11.8. The molecule has 0 aromatic rings. The van der Waals surface area contributed by atoms with Gasteiger partial charge in [0.15, 0.2) is 18.5 Å². The van der Waals surface area contributed by atoms with Crippen LogP contribution in [0.5, 0.6) is 0 Å². The van der Waals surface area contributed by atoms with Gasteiger partial charge in [0.25, 0.3) is 0 Å². The predicted octanol–water partition coefficient (Wildman–Crippen LogP) is 1.63. The highest BCUT2D eigenvalue weighted by Crippen LogP contribution is 2.28. The summed E-state index contributed by atoms with van der Waals surface area (Å²) in [7, 11) is 0. The number of nitrogens with one attached hydrogen (secondary N) is 1. The summed E-state index contributed by atoms with van der Waals surface area (Å²) in [6.07, 6.45) is 0.957. The Labute approximate surface area is 183 Å². The molecule has 1 rings (SSSR count). The first kappa shape index (κ1) is 26.8. The maximum Gasteiger partial charge on any atom is 0.303 e. The van der Waals surface area contributed by atoms with Crippen LogP contribution in [-0.4, -0.2) is 67.7 Å². The Kier molecular flexibility index (Phi) is 12.1. The monoisotopic (exact) mass is 445 g/mol. The first-order valence-electron chi connectivity index (χ1n) is 10.7. The predicted molar refractivity (Wildman–Crippen MR) is 109 cm³/mol. The summed E-state index contributed by atoms with van der Waals surface area (Å²) in [5.41, 5.74) is 0. The van der Waals surface area contributed by atoms with Gasteiger partial charge in [-0.15, -0.1) is 0 Å². The Balaban J connectivity index is 3.07. The number of hydrogen-bond acceptors (Lipinski definition) is 9. The van der Waals surface area contributed by atoms with Crippen LogP contribution >= 0.6 is 0 Å². The lowest BCUT2D eigenvalue weighted by Gasteiger charge is -2.44. The lowest BCUT2D eigenvalue weighted by molar-refractivity contribution is -0.277. The van der Waals surface area contributed by atoms with Crippen molar-refractivity contribution in [2.75, 3.05) is 13.2 Å². The number of ether oxygens (including phenoxy) is 5. The van der Waals surface area contributed by atoms with Gasteiger partial charge in [-0.25, -0.2) is 0 Å². The summed E-state index contributed by atoms with van der Waals surface area (Å²) >= 11 is 0. The van der Waals surface area contributed by atoms with E-state index in [0.717, 1.165) is 32.1 Å². The smallest absolute Gasteiger partial charge is 0.303 e. The highest BCUT2D eigenvalue weighted by atomic mass is 16.7. The molecule has 10 heteroatoms. The van der Waals surface area contributed by atoms with Gasteiger partial charge < -0.3 is 29.0 Å². The van der Waals surface area contributed by atoms with Gasteiger partial charge in [0, 0.05) is 34.3 Å². The molecular formula is C21H35NO9. The molecule has 1 saturated heterocycles. The van der Waals surface area contributed by atoms with Crippen LogP contribution in [0.4, 0.5) is 0 Å². The van der Waals surface area contributed by atoms with Gasteiger partial charge in [0.05, 0.1) is 0 Å². The molecule has 178 valence electrons. The minimum Gasteiger partial charge on any atom is -0.463 e. The topological polar surface area (TPSA) is 126 Å². The van der Waals surface area contributed by atoms with E-state index >= 15 is 0 Å². The summed E-state index contributed by atoms with van der Waals surface area (Å²) in [6.45, 7) is 7.18. The van der Waals surface area contributed by atoms with Gasteiger partial charge >= 0.3 is 17.9 Å². The van der Waals surface area contributed by atoms with E-state index in [0.29, 0.717) is 6.61 Å². The van der Waals surface area contributed by atoms with E-state index in [1.54, 1.807) is 0 Å². The zero-order valence-corrected chi connectivity index (χ0v) is 19.0. The van der Waals surface area contributed by atoms with E-state index in [1.807, 2.05) is 0 Å². The number of rotatable bonds is 12. The minimum absolute atomic E-state index is 0.242. The van der Waals surface area contributed by atoms with E-state index in [-0.39, 0.29) is 6.61 Å². The fourth-order valence-corrected chi connectivity index (χ4v) is 3.34. The molecule has 0 saturated carbocycles. The van der Waals surface area contributed by atoms with Gasteiger partial charge in [0.1, 0.15) is 18.8 Å². The Morgan fingerprint density at radius 1 is 0.839 bits per heavy atom. The largest absolute Gasteiger partial charge is 0.463 e. The van der Waals surface area contributed by atoms with Crippen LogP contribution < -0.4 is 5.32 Å². The van der Waals surface area contributed by atoms with Crippen LogP contribution in [0.15, 0.2) is 0 Å². The molecule has 1 aliphatic heterocycles. The first-order chi connectivity index (χ1) is 14.6. The summed E-state index contributed by atoms with van der Waals surface area (Å²) in [5, 5.41) is 2.67. The lowest BCUT2D eigenvalue weighted by Crippen LogP contribution is -2.66. The molecule has 1 aliphatic rings. The third-order valence-corrected chi connectivity index (χ3v) is 4.60. The normalized spacial score (nSPS) is 25.4.